The first-order valence-corrected chi connectivity index (χ1v) is 13.8. The van der Waals surface area contributed by atoms with Crippen molar-refractivity contribution in [1.82, 2.24) is 20.1 Å². The highest BCUT2D eigenvalue weighted by Crippen LogP contribution is 2.37. The molecule has 1 aromatic carbocycles. The van der Waals surface area contributed by atoms with Gasteiger partial charge in [-0.3, -0.25) is 9.78 Å². The van der Waals surface area contributed by atoms with Crippen LogP contribution in [0.1, 0.15) is 60.9 Å². The number of oxime groups is 1. The van der Waals surface area contributed by atoms with Gasteiger partial charge in [0.15, 0.2) is 0 Å². The minimum atomic E-state index is -4.45. The Morgan fingerprint density at radius 3 is 2.62 bits per heavy atom. The number of halogens is 3. The van der Waals surface area contributed by atoms with Crippen LogP contribution in [-0.4, -0.2) is 76.9 Å². The minimum Gasteiger partial charge on any atom is -0.384 e. The third-order valence-corrected chi connectivity index (χ3v) is 8.05. The first-order chi connectivity index (χ1) is 19.0. The fraction of sp³-hybridized carbons (Fsp3) is 0.552. The Kier molecular flexibility index (Phi) is 8.17. The van der Waals surface area contributed by atoms with Crippen LogP contribution in [0.5, 0.6) is 0 Å². The number of rotatable bonds is 7. The van der Waals surface area contributed by atoms with Gasteiger partial charge in [0, 0.05) is 49.9 Å². The van der Waals surface area contributed by atoms with E-state index in [9.17, 15) is 23.1 Å². The summed E-state index contributed by atoms with van der Waals surface area (Å²) in [5.74, 6) is -0.197. The number of likely N-dealkylation sites (tertiary alicyclic amines) is 1. The molecular weight excluding hydrogens is 523 g/mol. The van der Waals surface area contributed by atoms with Crippen LogP contribution in [0.4, 0.5) is 13.2 Å². The van der Waals surface area contributed by atoms with Crippen molar-refractivity contribution in [2.24, 2.45) is 5.16 Å². The van der Waals surface area contributed by atoms with Crippen molar-refractivity contribution in [3.8, 4) is 0 Å². The maximum Gasteiger partial charge on any atom is 0.416 e. The van der Waals surface area contributed by atoms with Gasteiger partial charge in [0.2, 0.25) is 6.10 Å². The van der Waals surface area contributed by atoms with Crippen molar-refractivity contribution in [1.29, 1.82) is 0 Å². The van der Waals surface area contributed by atoms with Crippen molar-refractivity contribution in [3.63, 3.8) is 0 Å². The molecule has 40 heavy (non-hydrogen) atoms. The number of alkyl halides is 3. The van der Waals surface area contributed by atoms with E-state index >= 15 is 0 Å². The number of carbonyl (C=O) groups is 1. The molecule has 3 aliphatic rings. The van der Waals surface area contributed by atoms with Crippen LogP contribution in [0, 0.1) is 0 Å². The summed E-state index contributed by atoms with van der Waals surface area (Å²) >= 11 is 0. The summed E-state index contributed by atoms with van der Waals surface area (Å²) in [4.78, 5) is 26.8. The molecule has 8 nitrogen and oxygen atoms in total. The van der Waals surface area contributed by atoms with Crippen LogP contribution >= 0.6 is 0 Å². The van der Waals surface area contributed by atoms with E-state index in [4.69, 9.17) is 4.84 Å². The molecular formula is C29H36F3N5O3. The Bertz CT molecular complexity index is 1230. The molecule has 1 saturated carbocycles. The lowest BCUT2D eigenvalue weighted by atomic mass is 9.79. The van der Waals surface area contributed by atoms with E-state index in [0.717, 1.165) is 49.2 Å². The molecule has 1 saturated heterocycles. The highest BCUT2D eigenvalue weighted by molar-refractivity contribution is 6.04. The Labute approximate surface area is 232 Å². The van der Waals surface area contributed by atoms with Crippen LogP contribution < -0.4 is 5.32 Å². The van der Waals surface area contributed by atoms with Gasteiger partial charge in [0.05, 0.1) is 17.0 Å². The molecule has 1 aromatic heterocycles. The predicted octanol–water partition coefficient (Wildman–Crippen LogP) is 3.68. The lowest BCUT2D eigenvalue weighted by Crippen LogP contribution is -2.46. The molecule has 1 amide bonds. The van der Waals surface area contributed by atoms with Crippen LogP contribution in [-0.2, 0) is 28.0 Å². The SMILES string of the molecule is CN(C)Cc1ccc(C2(O)CCC(NC3CCN(C(=O)C4CC(c5cccc(C(F)(F)F)c5)=NO4)C3)CC2)nc1. The predicted molar refractivity (Wildman–Crippen MR) is 143 cm³/mol. The van der Waals surface area contributed by atoms with E-state index in [1.807, 2.05) is 32.4 Å². The lowest BCUT2D eigenvalue weighted by Gasteiger charge is -2.37. The second-order valence-corrected chi connectivity index (χ2v) is 11.4. The minimum absolute atomic E-state index is 0.133. The van der Waals surface area contributed by atoms with Gasteiger partial charge < -0.3 is 25.1 Å². The number of hydrogen-bond acceptors (Lipinski definition) is 7. The van der Waals surface area contributed by atoms with E-state index in [1.54, 1.807) is 11.0 Å². The first kappa shape index (κ1) is 28.5. The molecule has 216 valence electrons. The van der Waals surface area contributed by atoms with Crippen molar-refractivity contribution >= 4 is 11.6 Å². The number of amides is 1. The molecule has 0 radical (unpaired) electrons. The van der Waals surface area contributed by atoms with E-state index in [2.05, 4.69) is 20.4 Å². The molecule has 3 heterocycles. The van der Waals surface area contributed by atoms with E-state index < -0.39 is 23.4 Å². The molecule has 2 aliphatic heterocycles. The molecule has 1 aliphatic carbocycles. The summed E-state index contributed by atoms with van der Waals surface area (Å²) < 4.78 is 39.2. The molecule has 11 heteroatoms. The van der Waals surface area contributed by atoms with Crippen molar-refractivity contribution in [3.05, 3.63) is 65.0 Å². The number of nitrogens with zero attached hydrogens (tertiary/aromatic N) is 4. The van der Waals surface area contributed by atoms with Gasteiger partial charge in [-0.25, -0.2) is 0 Å². The zero-order valence-electron chi connectivity index (χ0n) is 22.8. The topological polar surface area (TPSA) is 90.3 Å². The summed E-state index contributed by atoms with van der Waals surface area (Å²) in [6.45, 7) is 1.91. The van der Waals surface area contributed by atoms with Crippen LogP contribution in [0.15, 0.2) is 47.8 Å². The van der Waals surface area contributed by atoms with Crippen LogP contribution in [0.3, 0.4) is 0 Å². The normalized spacial score (nSPS) is 27.1. The third kappa shape index (κ3) is 6.47. The molecule has 0 spiro atoms. The maximum absolute atomic E-state index is 13.1. The van der Waals surface area contributed by atoms with Gasteiger partial charge in [0.1, 0.15) is 5.60 Å². The summed E-state index contributed by atoms with van der Waals surface area (Å²) in [6.07, 6.45) is 0.346. The summed E-state index contributed by atoms with van der Waals surface area (Å²) in [7, 11) is 4.01. The molecule has 2 fully saturated rings. The number of aromatic nitrogens is 1. The first-order valence-electron chi connectivity index (χ1n) is 13.8. The van der Waals surface area contributed by atoms with Gasteiger partial charge in [-0.15, -0.1) is 0 Å². The van der Waals surface area contributed by atoms with Gasteiger partial charge in [-0.2, -0.15) is 13.2 Å². The largest absolute Gasteiger partial charge is 0.416 e. The smallest absolute Gasteiger partial charge is 0.384 e. The zero-order valence-corrected chi connectivity index (χ0v) is 22.8. The number of carbonyl (C=O) groups excluding carboxylic acids is 1. The van der Waals surface area contributed by atoms with Gasteiger partial charge in [-0.1, -0.05) is 23.4 Å². The molecule has 2 unspecified atom stereocenters. The van der Waals surface area contributed by atoms with Gasteiger partial charge in [-0.05, 0) is 70.0 Å². The monoisotopic (exact) mass is 559 g/mol. The fourth-order valence-corrected chi connectivity index (χ4v) is 5.87. The van der Waals surface area contributed by atoms with E-state index in [1.165, 1.54) is 6.07 Å². The number of aliphatic hydroxyl groups is 1. The Morgan fingerprint density at radius 1 is 1.18 bits per heavy atom. The Balaban J connectivity index is 1.09. The Morgan fingerprint density at radius 2 is 1.95 bits per heavy atom. The number of nitrogens with one attached hydrogen (secondary N) is 1. The number of pyridine rings is 1. The second-order valence-electron chi connectivity index (χ2n) is 11.4. The third-order valence-electron chi connectivity index (χ3n) is 8.05. The summed E-state index contributed by atoms with van der Waals surface area (Å²) in [5, 5.41) is 18.8. The number of hydrogen-bond donors (Lipinski definition) is 2. The van der Waals surface area contributed by atoms with Crippen LogP contribution in [0.25, 0.3) is 0 Å². The fourth-order valence-electron chi connectivity index (χ4n) is 5.87. The van der Waals surface area contributed by atoms with Gasteiger partial charge >= 0.3 is 6.18 Å². The van der Waals surface area contributed by atoms with E-state index in [-0.39, 0.29) is 24.4 Å². The van der Waals surface area contributed by atoms with Crippen molar-refractivity contribution < 1.29 is 27.9 Å². The molecule has 0 bridgehead atoms. The quantitative estimate of drug-likeness (QED) is 0.538. The van der Waals surface area contributed by atoms with E-state index in [0.29, 0.717) is 37.2 Å². The standard InChI is InChI=1S/C29H36F3N5O3/c1-36(2)17-19-6-7-26(33-16-19)28(39)11-8-22(9-12-28)34-23-10-13-37(18-23)27(38)25-15-24(35-40-25)20-4-3-5-21(14-20)29(30,31)32/h3-7,14,16,22-23,25,34,39H,8-13,15,17-18H2,1-2H3. The average molecular weight is 560 g/mol. The zero-order chi connectivity index (χ0) is 28.5. The highest BCUT2D eigenvalue weighted by Gasteiger charge is 2.39. The van der Waals surface area contributed by atoms with Crippen molar-refractivity contribution in [2.75, 3.05) is 27.2 Å². The second kappa shape index (κ2) is 11.5. The Hall–Kier alpha value is -3.02. The maximum atomic E-state index is 13.1. The van der Waals surface area contributed by atoms with Gasteiger partial charge in [0.25, 0.3) is 5.91 Å². The van der Waals surface area contributed by atoms with Crippen LogP contribution in [0.2, 0.25) is 0 Å². The number of benzene rings is 1. The lowest BCUT2D eigenvalue weighted by molar-refractivity contribution is -0.141. The molecule has 5 rings (SSSR count). The molecule has 2 N–H and O–H groups in total. The molecule has 2 atom stereocenters. The average Bonchev–Trinajstić information content (AvgIpc) is 3.60. The summed E-state index contributed by atoms with van der Waals surface area (Å²) in [6, 6.07) is 9.25. The highest BCUT2D eigenvalue weighted by atomic mass is 19.4. The van der Waals surface area contributed by atoms with Crippen molar-refractivity contribution in [2.45, 2.75) is 75.0 Å². The molecule has 2 aromatic rings. The summed E-state index contributed by atoms with van der Waals surface area (Å²) in [5.41, 5.74) is 0.789.